The third-order valence-electron chi connectivity index (χ3n) is 3.58. The number of imidazole rings is 1. The van der Waals surface area contributed by atoms with E-state index in [2.05, 4.69) is 18.0 Å². The van der Waals surface area contributed by atoms with Gasteiger partial charge in [0.15, 0.2) is 0 Å². The fourth-order valence-electron chi connectivity index (χ4n) is 2.29. The zero-order valence-corrected chi connectivity index (χ0v) is 9.94. The molecule has 1 aliphatic carbocycles. The second kappa shape index (κ2) is 3.74. The number of aromatic amines is 1. The average molecular weight is 231 g/mol. The van der Waals surface area contributed by atoms with Crippen molar-refractivity contribution < 1.29 is 0 Å². The third-order valence-corrected chi connectivity index (χ3v) is 3.58. The van der Waals surface area contributed by atoms with Crippen LogP contribution >= 0.6 is 0 Å². The third kappa shape index (κ3) is 1.69. The van der Waals surface area contributed by atoms with E-state index in [1.807, 2.05) is 16.7 Å². The van der Waals surface area contributed by atoms with Crippen molar-refractivity contribution in [3.63, 3.8) is 0 Å². The van der Waals surface area contributed by atoms with E-state index in [0.29, 0.717) is 18.5 Å². The van der Waals surface area contributed by atoms with E-state index in [4.69, 9.17) is 5.73 Å². The number of aromatic nitrogens is 2. The van der Waals surface area contributed by atoms with Crippen molar-refractivity contribution in [3.8, 4) is 0 Å². The van der Waals surface area contributed by atoms with Crippen LogP contribution in [0.15, 0.2) is 23.0 Å². The lowest BCUT2D eigenvalue weighted by Gasteiger charge is -2.08. The molecule has 0 radical (unpaired) electrons. The summed E-state index contributed by atoms with van der Waals surface area (Å²) in [5, 5.41) is 0. The van der Waals surface area contributed by atoms with Gasteiger partial charge in [0, 0.05) is 6.04 Å². The summed E-state index contributed by atoms with van der Waals surface area (Å²) in [6.07, 6.45) is 2.24. The van der Waals surface area contributed by atoms with Gasteiger partial charge >= 0.3 is 5.69 Å². The predicted molar refractivity (Wildman–Crippen MR) is 68.3 cm³/mol. The van der Waals surface area contributed by atoms with E-state index in [-0.39, 0.29) is 5.69 Å². The Kier molecular flexibility index (Phi) is 2.33. The second-order valence-corrected chi connectivity index (χ2v) is 4.94. The first kappa shape index (κ1) is 10.6. The van der Waals surface area contributed by atoms with E-state index >= 15 is 0 Å². The molecule has 1 atom stereocenters. The van der Waals surface area contributed by atoms with E-state index in [0.717, 1.165) is 23.9 Å². The molecule has 0 aliphatic heterocycles. The fourth-order valence-corrected chi connectivity index (χ4v) is 2.29. The molecular formula is C13H17N3O. The lowest BCUT2D eigenvalue weighted by atomic mass is 10.0. The molecule has 1 unspecified atom stereocenters. The molecule has 4 nitrogen and oxygen atoms in total. The van der Waals surface area contributed by atoms with Crippen molar-refractivity contribution >= 4 is 11.0 Å². The zero-order valence-electron chi connectivity index (χ0n) is 9.94. The molecule has 3 N–H and O–H groups in total. The van der Waals surface area contributed by atoms with Crippen molar-refractivity contribution in [2.75, 3.05) is 6.54 Å². The lowest BCUT2D eigenvalue weighted by Crippen LogP contribution is -2.14. The van der Waals surface area contributed by atoms with Crippen LogP contribution < -0.4 is 11.4 Å². The smallest absolute Gasteiger partial charge is 0.326 e. The van der Waals surface area contributed by atoms with Gasteiger partial charge in [0.25, 0.3) is 0 Å². The Labute approximate surface area is 99.4 Å². The summed E-state index contributed by atoms with van der Waals surface area (Å²) in [6.45, 7) is 2.72. The Morgan fingerprint density at radius 1 is 1.53 bits per heavy atom. The largest absolute Gasteiger partial charge is 0.330 e. The van der Waals surface area contributed by atoms with Gasteiger partial charge in [-0.2, -0.15) is 0 Å². The SMILES string of the molecule is CC(CN)c1ccc2c(c1)[nH]c(=O)n2C1CC1. The molecule has 1 saturated carbocycles. The zero-order chi connectivity index (χ0) is 12.0. The molecule has 1 aliphatic rings. The summed E-state index contributed by atoms with van der Waals surface area (Å²) < 4.78 is 1.88. The predicted octanol–water partition coefficient (Wildman–Crippen LogP) is 1.73. The van der Waals surface area contributed by atoms with Crippen LogP contribution in [0.2, 0.25) is 0 Å². The Hall–Kier alpha value is -1.55. The lowest BCUT2D eigenvalue weighted by molar-refractivity contribution is 0.733. The maximum Gasteiger partial charge on any atom is 0.326 e. The number of hydrogen-bond acceptors (Lipinski definition) is 2. The number of fused-ring (bicyclic) bond motifs is 1. The Morgan fingerprint density at radius 2 is 2.29 bits per heavy atom. The van der Waals surface area contributed by atoms with Crippen LogP contribution in [0.1, 0.15) is 37.3 Å². The quantitative estimate of drug-likeness (QED) is 0.845. The normalized spacial score (nSPS) is 17.5. The Morgan fingerprint density at radius 3 is 2.94 bits per heavy atom. The summed E-state index contributed by atoms with van der Waals surface area (Å²) in [5.41, 5.74) is 8.81. The summed E-state index contributed by atoms with van der Waals surface area (Å²) >= 11 is 0. The van der Waals surface area contributed by atoms with Crippen LogP contribution in [0.25, 0.3) is 11.0 Å². The minimum absolute atomic E-state index is 0.0139. The number of hydrogen-bond donors (Lipinski definition) is 2. The molecule has 17 heavy (non-hydrogen) atoms. The summed E-state index contributed by atoms with van der Waals surface area (Å²) in [7, 11) is 0. The highest BCUT2D eigenvalue weighted by atomic mass is 16.1. The van der Waals surface area contributed by atoms with Gasteiger partial charge in [0.1, 0.15) is 0 Å². The van der Waals surface area contributed by atoms with E-state index in [9.17, 15) is 4.79 Å². The van der Waals surface area contributed by atoms with Gasteiger partial charge < -0.3 is 10.7 Å². The standard InChI is InChI=1S/C13H17N3O/c1-8(7-14)9-2-5-12-11(6-9)15-13(17)16(12)10-3-4-10/h2,5-6,8,10H,3-4,7,14H2,1H3,(H,15,17). The molecule has 3 rings (SSSR count). The van der Waals surface area contributed by atoms with E-state index in [1.165, 1.54) is 5.56 Å². The number of benzene rings is 1. The van der Waals surface area contributed by atoms with Crippen LogP contribution in [0.4, 0.5) is 0 Å². The summed E-state index contributed by atoms with van der Waals surface area (Å²) in [4.78, 5) is 14.8. The van der Waals surface area contributed by atoms with Crippen molar-refractivity contribution in [1.82, 2.24) is 9.55 Å². The first-order chi connectivity index (χ1) is 8.20. The highest BCUT2D eigenvalue weighted by Crippen LogP contribution is 2.35. The number of nitrogens with zero attached hydrogens (tertiary/aromatic N) is 1. The molecule has 1 aromatic carbocycles. The molecule has 0 spiro atoms. The first-order valence-corrected chi connectivity index (χ1v) is 6.15. The minimum Gasteiger partial charge on any atom is -0.330 e. The van der Waals surface area contributed by atoms with Crippen molar-refractivity contribution in [2.24, 2.45) is 5.73 Å². The van der Waals surface area contributed by atoms with Crippen LogP contribution in [0.5, 0.6) is 0 Å². The highest BCUT2D eigenvalue weighted by Gasteiger charge is 2.27. The molecule has 4 heteroatoms. The number of rotatable bonds is 3. The van der Waals surface area contributed by atoms with Crippen molar-refractivity contribution in [3.05, 3.63) is 34.2 Å². The van der Waals surface area contributed by atoms with Crippen LogP contribution in [0, 0.1) is 0 Å². The molecule has 1 aromatic heterocycles. The monoisotopic (exact) mass is 231 g/mol. The number of H-pyrrole nitrogens is 1. The number of nitrogens with two attached hydrogens (primary N) is 1. The van der Waals surface area contributed by atoms with Gasteiger partial charge in [-0.25, -0.2) is 4.79 Å². The number of nitrogens with one attached hydrogen (secondary N) is 1. The maximum atomic E-state index is 11.9. The minimum atomic E-state index is 0.0139. The van der Waals surface area contributed by atoms with Gasteiger partial charge in [0.05, 0.1) is 11.0 Å². The molecule has 0 amide bonds. The molecule has 1 fully saturated rings. The van der Waals surface area contributed by atoms with Gasteiger partial charge in [-0.1, -0.05) is 13.0 Å². The van der Waals surface area contributed by atoms with Gasteiger partial charge in [-0.05, 0) is 43.0 Å². The summed E-state index contributed by atoms with van der Waals surface area (Å²) in [5.74, 6) is 0.326. The van der Waals surface area contributed by atoms with Crippen molar-refractivity contribution in [2.45, 2.75) is 31.7 Å². The first-order valence-electron chi connectivity index (χ1n) is 6.15. The van der Waals surface area contributed by atoms with Gasteiger partial charge in [-0.3, -0.25) is 4.57 Å². The van der Waals surface area contributed by atoms with Crippen LogP contribution in [0.3, 0.4) is 0 Å². The Bertz CT molecular complexity index is 607. The molecule has 1 heterocycles. The van der Waals surface area contributed by atoms with Gasteiger partial charge in [0.2, 0.25) is 0 Å². The van der Waals surface area contributed by atoms with E-state index < -0.39 is 0 Å². The van der Waals surface area contributed by atoms with Crippen LogP contribution in [-0.2, 0) is 0 Å². The van der Waals surface area contributed by atoms with Gasteiger partial charge in [-0.15, -0.1) is 0 Å². The molecule has 2 aromatic rings. The maximum absolute atomic E-state index is 11.9. The average Bonchev–Trinajstić information content (AvgIpc) is 3.10. The Balaban J connectivity index is 2.15. The van der Waals surface area contributed by atoms with Crippen molar-refractivity contribution in [1.29, 1.82) is 0 Å². The highest BCUT2D eigenvalue weighted by molar-refractivity contribution is 5.76. The second-order valence-electron chi connectivity index (χ2n) is 4.94. The summed E-state index contributed by atoms with van der Waals surface area (Å²) in [6, 6.07) is 6.57. The molecule has 0 bridgehead atoms. The fraction of sp³-hybridized carbons (Fsp3) is 0.462. The van der Waals surface area contributed by atoms with Crippen LogP contribution in [-0.4, -0.2) is 16.1 Å². The van der Waals surface area contributed by atoms with E-state index in [1.54, 1.807) is 0 Å². The molecule has 0 saturated heterocycles. The topological polar surface area (TPSA) is 63.8 Å². The molecular weight excluding hydrogens is 214 g/mol. The molecule has 90 valence electrons.